The van der Waals surface area contributed by atoms with Crippen LogP contribution in [0.5, 0.6) is 0 Å². The molecule has 1 N–H and O–H groups in total. The Balaban J connectivity index is 1.21. The van der Waals surface area contributed by atoms with Crippen molar-refractivity contribution in [3.63, 3.8) is 0 Å². The van der Waals surface area contributed by atoms with Gasteiger partial charge < -0.3 is 9.88 Å². The molecule has 0 fully saturated rings. The summed E-state index contributed by atoms with van der Waals surface area (Å²) in [6, 6.07) is 57.4. The molecule has 9 rings (SSSR count). The van der Waals surface area contributed by atoms with Crippen LogP contribution < -0.4 is 4.90 Å². The van der Waals surface area contributed by atoms with Gasteiger partial charge >= 0.3 is 0 Å². The summed E-state index contributed by atoms with van der Waals surface area (Å²) in [6.45, 7) is 0. The number of anilines is 3. The molecule has 0 atom stereocenters. The zero-order valence-corrected chi connectivity index (χ0v) is 24.9. The maximum absolute atomic E-state index is 5.12. The molecule has 0 unspecified atom stereocenters. The molecule has 4 nitrogen and oxygen atoms in total. The highest BCUT2D eigenvalue weighted by molar-refractivity contribution is 6.08. The monoisotopic (exact) mass is 588 g/mol. The number of aromatic nitrogens is 3. The number of hydrogen-bond donors (Lipinski definition) is 1. The van der Waals surface area contributed by atoms with Crippen molar-refractivity contribution in [1.29, 1.82) is 0 Å². The molecule has 0 spiro atoms. The lowest BCUT2D eigenvalue weighted by Gasteiger charge is -2.26. The molecule has 0 amide bonds. The molecule has 0 radical (unpaired) electrons. The topological polar surface area (TPSA) is 44.8 Å². The van der Waals surface area contributed by atoms with Crippen LogP contribution in [-0.2, 0) is 0 Å². The Hall–Kier alpha value is -6.26. The van der Waals surface area contributed by atoms with E-state index in [0.29, 0.717) is 0 Å². The Bertz CT molecular complexity index is 2530. The van der Waals surface area contributed by atoms with Crippen molar-refractivity contribution < 1.29 is 0 Å². The number of nitrogens with zero attached hydrogens (tertiary/aromatic N) is 3. The van der Waals surface area contributed by atoms with Gasteiger partial charge in [0.2, 0.25) is 0 Å². The molecule has 0 saturated carbocycles. The lowest BCUT2D eigenvalue weighted by Crippen LogP contribution is -2.10. The van der Waals surface area contributed by atoms with Crippen LogP contribution in [-0.4, -0.2) is 15.0 Å². The molecule has 0 aliphatic carbocycles. The van der Waals surface area contributed by atoms with Crippen molar-refractivity contribution in [3.8, 4) is 22.5 Å². The van der Waals surface area contributed by atoms with Gasteiger partial charge in [-0.3, -0.25) is 0 Å². The maximum Gasteiger partial charge on any atom is 0.0973 e. The predicted molar refractivity (Wildman–Crippen MR) is 192 cm³/mol. The minimum Gasteiger partial charge on any atom is -0.355 e. The number of rotatable bonds is 5. The third-order valence-electron chi connectivity index (χ3n) is 8.76. The molecule has 0 aliphatic heterocycles. The Labute approximate surface area is 266 Å². The van der Waals surface area contributed by atoms with Crippen LogP contribution in [0.2, 0.25) is 0 Å². The molecule has 9 aromatic rings. The van der Waals surface area contributed by atoms with E-state index in [0.717, 1.165) is 61.6 Å². The van der Waals surface area contributed by atoms with Gasteiger partial charge in [-0.15, -0.1) is 0 Å². The fourth-order valence-electron chi connectivity index (χ4n) is 6.51. The van der Waals surface area contributed by atoms with Gasteiger partial charge in [0.15, 0.2) is 0 Å². The van der Waals surface area contributed by atoms with Crippen LogP contribution in [0.3, 0.4) is 0 Å². The normalized spacial score (nSPS) is 11.5. The summed E-state index contributed by atoms with van der Waals surface area (Å²) in [4.78, 5) is 16.1. The van der Waals surface area contributed by atoms with Crippen LogP contribution in [0, 0.1) is 0 Å². The molecule has 7 aromatic carbocycles. The first-order chi connectivity index (χ1) is 22.8. The van der Waals surface area contributed by atoms with E-state index in [4.69, 9.17) is 9.97 Å². The summed E-state index contributed by atoms with van der Waals surface area (Å²) in [5.74, 6) is 0. The second-order valence-electron chi connectivity index (χ2n) is 11.6. The quantitative estimate of drug-likeness (QED) is 0.217. The first kappa shape index (κ1) is 26.2. The number of nitrogens with one attached hydrogen (secondary N) is 1. The van der Waals surface area contributed by atoms with Gasteiger partial charge in [-0.2, -0.15) is 0 Å². The summed E-state index contributed by atoms with van der Waals surface area (Å²) in [5, 5.41) is 4.84. The zero-order chi connectivity index (χ0) is 30.5. The van der Waals surface area contributed by atoms with Gasteiger partial charge in [0.1, 0.15) is 0 Å². The van der Waals surface area contributed by atoms with Crippen LogP contribution in [0.4, 0.5) is 17.1 Å². The smallest absolute Gasteiger partial charge is 0.0973 e. The Morgan fingerprint density at radius 2 is 0.957 bits per heavy atom. The van der Waals surface area contributed by atoms with Crippen molar-refractivity contribution >= 4 is 60.7 Å². The van der Waals surface area contributed by atoms with Gasteiger partial charge in [0.25, 0.3) is 0 Å². The summed E-state index contributed by atoms with van der Waals surface area (Å²) in [7, 11) is 0. The van der Waals surface area contributed by atoms with Crippen LogP contribution in [0.1, 0.15) is 0 Å². The van der Waals surface area contributed by atoms with E-state index in [1.165, 1.54) is 21.5 Å². The highest BCUT2D eigenvalue weighted by atomic mass is 15.1. The van der Waals surface area contributed by atoms with Crippen LogP contribution >= 0.6 is 0 Å². The summed E-state index contributed by atoms with van der Waals surface area (Å²) in [5.41, 5.74) is 11.1. The Kier molecular flexibility index (Phi) is 6.10. The average Bonchev–Trinajstić information content (AvgIpc) is 3.50. The minimum absolute atomic E-state index is 0.869. The first-order valence-electron chi connectivity index (χ1n) is 15.5. The summed E-state index contributed by atoms with van der Waals surface area (Å²) in [6.07, 6.45) is 0. The van der Waals surface area contributed by atoms with Crippen molar-refractivity contribution in [2.75, 3.05) is 4.90 Å². The number of hydrogen-bond acceptors (Lipinski definition) is 3. The molecule has 0 saturated heterocycles. The fraction of sp³-hybridized carbons (Fsp3) is 0. The SMILES string of the molecule is c1ccc(-c2nc3ccccc3nc2-c2ccc(N(c3ccc4ccccc4c3)c3ccc4[nH]c5ccccc5c4c3)cc2)cc1. The molecule has 2 aromatic heterocycles. The zero-order valence-electron chi connectivity index (χ0n) is 24.9. The third-order valence-corrected chi connectivity index (χ3v) is 8.76. The molecular formula is C42H28N4. The molecule has 2 heterocycles. The lowest BCUT2D eigenvalue weighted by atomic mass is 10.0. The van der Waals surface area contributed by atoms with Crippen LogP contribution in [0.25, 0.3) is 66.1 Å². The van der Waals surface area contributed by atoms with Gasteiger partial charge in [-0.05, 0) is 71.4 Å². The number of aromatic amines is 1. The van der Waals surface area contributed by atoms with Crippen molar-refractivity contribution in [2.45, 2.75) is 0 Å². The minimum atomic E-state index is 0.869. The Morgan fingerprint density at radius 3 is 1.74 bits per heavy atom. The second-order valence-corrected chi connectivity index (χ2v) is 11.6. The highest BCUT2D eigenvalue weighted by Crippen LogP contribution is 2.40. The van der Waals surface area contributed by atoms with Gasteiger partial charge in [-0.25, -0.2) is 9.97 Å². The Morgan fingerprint density at radius 1 is 0.391 bits per heavy atom. The van der Waals surface area contributed by atoms with Gasteiger partial charge in [-0.1, -0.05) is 103 Å². The van der Waals surface area contributed by atoms with Gasteiger partial charge in [0.05, 0.1) is 22.4 Å². The maximum atomic E-state index is 5.12. The predicted octanol–water partition coefficient (Wildman–Crippen LogP) is 11.2. The van der Waals surface area contributed by atoms with Crippen molar-refractivity contribution in [1.82, 2.24) is 15.0 Å². The van der Waals surface area contributed by atoms with E-state index < -0.39 is 0 Å². The van der Waals surface area contributed by atoms with E-state index >= 15 is 0 Å². The lowest BCUT2D eigenvalue weighted by molar-refractivity contribution is 1.28. The molecule has 0 bridgehead atoms. The molecule has 0 aliphatic rings. The van der Waals surface area contributed by atoms with E-state index in [-0.39, 0.29) is 0 Å². The highest BCUT2D eigenvalue weighted by Gasteiger charge is 2.17. The summed E-state index contributed by atoms with van der Waals surface area (Å²) < 4.78 is 0. The van der Waals surface area contributed by atoms with E-state index in [2.05, 4.69) is 131 Å². The third kappa shape index (κ3) is 4.47. The van der Waals surface area contributed by atoms with Crippen molar-refractivity contribution in [3.05, 3.63) is 164 Å². The first-order valence-corrected chi connectivity index (χ1v) is 15.5. The number of fused-ring (bicyclic) bond motifs is 5. The molecular weight excluding hydrogens is 560 g/mol. The number of H-pyrrole nitrogens is 1. The molecule has 46 heavy (non-hydrogen) atoms. The van der Waals surface area contributed by atoms with E-state index in [9.17, 15) is 0 Å². The van der Waals surface area contributed by atoms with E-state index in [1.807, 2.05) is 42.5 Å². The fourth-order valence-corrected chi connectivity index (χ4v) is 6.51. The largest absolute Gasteiger partial charge is 0.355 e. The number of benzene rings is 7. The molecule has 216 valence electrons. The van der Waals surface area contributed by atoms with E-state index in [1.54, 1.807) is 0 Å². The average molecular weight is 589 g/mol. The van der Waals surface area contributed by atoms with Gasteiger partial charge in [0, 0.05) is 50.0 Å². The number of para-hydroxylation sites is 3. The molecule has 4 heteroatoms. The van der Waals surface area contributed by atoms with Crippen LogP contribution in [0.15, 0.2) is 164 Å². The summed E-state index contributed by atoms with van der Waals surface area (Å²) >= 11 is 0. The van der Waals surface area contributed by atoms with Crippen molar-refractivity contribution in [2.24, 2.45) is 0 Å². The second kappa shape index (κ2) is 10.7. The standard InChI is InChI=1S/C42H28N4/c1-2-11-29(12-3-1)41-42(45-40-17-9-8-16-39(40)44-41)30-19-21-32(22-20-30)46(33-23-18-28-10-4-5-13-31(28)26-33)34-24-25-38-36(27-34)35-14-6-7-15-37(35)43-38/h1-27,43H.